The first-order chi connectivity index (χ1) is 8.58. The van der Waals surface area contributed by atoms with Crippen LogP contribution in [0.15, 0.2) is 30.3 Å². The molecule has 4 heteroatoms. The minimum atomic E-state index is -0.428. The Morgan fingerprint density at radius 3 is 2.67 bits per heavy atom. The monoisotopic (exact) mass is 248 g/mol. The Balaban J connectivity index is 2.10. The number of nitrogens with two attached hydrogens (primary N) is 1. The average molecular weight is 248 g/mol. The Labute approximate surface area is 107 Å². The smallest absolute Gasteiger partial charge is 0.253 e. The quantitative estimate of drug-likeness (QED) is 0.815. The lowest BCUT2D eigenvalue weighted by Crippen LogP contribution is -2.51. The summed E-state index contributed by atoms with van der Waals surface area (Å²) in [5.41, 5.74) is 6.64. The lowest BCUT2D eigenvalue weighted by atomic mass is 9.90. The Kier molecular flexibility index (Phi) is 3.99. The molecular weight excluding hydrogens is 228 g/mol. The van der Waals surface area contributed by atoms with Crippen LogP contribution < -0.4 is 5.73 Å². The van der Waals surface area contributed by atoms with Crippen molar-refractivity contribution in [1.82, 2.24) is 4.90 Å². The molecule has 2 rings (SSSR count). The molecule has 18 heavy (non-hydrogen) atoms. The van der Waals surface area contributed by atoms with Gasteiger partial charge in [-0.3, -0.25) is 4.79 Å². The zero-order valence-corrected chi connectivity index (χ0v) is 10.6. The van der Waals surface area contributed by atoms with Gasteiger partial charge in [-0.1, -0.05) is 18.2 Å². The number of nitrogens with zero attached hydrogens (tertiary/aromatic N) is 1. The van der Waals surface area contributed by atoms with Crippen LogP contribution in [0.4, 0.5) is 0 Å². The molecule has 3 unspecified atom stereocenters. The summed E-state index contributed by atoms with van der Waals surface area (Å²) in [5, 5.41) is 9.67. The molecule has 0 bridgehead atoms. The Morgan fingerprint density at radius 1 is 1.39 bits per heavy atom. The summed E-state index contributed by atoms with van der Waals surface area (Å²) in [4.78, 5) is 14.1. The van der Waals surface area contributed by atoms with E-state index in [1.165, 1.54) is 0 Å². The topological polar surface area (TPSA) is 66.6 Å². The van der Waals surface area contributed by atoms with E-state index in [9.17, 15) is 9.90 Å². The van der Waals surface area contributed by atoms with Gasteiger partial charge in [0.1, 0.15) is 0 Å². The van der Waals surface area contributed by atoms with Gasteiger partial charge in [-0.25, -0.2) is 0 Å². The van der Waals surface area contributed by atoms with E-state index < -0.39 is 6.10 Å². The normalized spacial score (nSPS) is 25.8. The van der Waals surface area contributed by atoms with Gasteiger partial charge in [0.25, 0.3) is 5.91 Å². The molecule has 0 aromatic heterocycles. The van der Waals surface area contributed by atoms with Gasteiger partial charge >= 0.3 is 0 Å². The van der Waals surface area contributed by atoms with Crippen LogP contribution in [0.5, 0.6) is 0 Å². The molecule has 1 saturated heterocycles. The van der Waals surface area contributed by atoms with Gasteiger partial charge in [-0.2, -0.15) is 0 Å². The number of carbonyl (C=O) groups is 1. The lowest BCUT2D eigenvalue weighted by molar-refractivity contribution is 0.0418. The second-order valence-electron chi connectivity index (χ2n) is 5.07. The number of amides is 1. The van der Waals surface area contributed by atoms with Crippen LogP contribution in [0.1, 0.15) is 23.7 Å². The maximum atomic E-state index is 12.3. The van der Waals surface area contributed by atoms with E-state index >= 15 is 0 Å². The van der Waals surface area contributed by atoms with Crippen LogP contribution in [0.25, 0.3) is 0 Å². The summed E-state index contributed by atoms with van der Waals surface area (Å²) in [7, 11) is 0. The summed E-state index contributed by atoms with van der Waals surface area (Å²) in [6.45, 7) is 2.91. The molecule has 0 aliphatic carbocycles. The maximum absolute atomic E-state index is 12.3. The van der Waals surface area contributed by atoms with E-state index in [2.05, 4.69) is 0 Å². The molecular formula is C14H20N2O2. The third-order valence-corrected chi connectivity index (χ3v) is 3.51. The standard InChI is InChI=1S/C14H20N2O2/c1-10(17)12-7-13(15)9-16(8-12)14(18)11-5-3-2-4-6-11/h2-6,10,12-13,17H,7-9,15H2,1H3. The lowest BCUT2D eigenvalue weighted by Gasteiger charge is -2.37. The van der Waals surface area contributed by atoms with Crippen LogP contribution in [0.3, 0.4) is 0 Å². The predicted octanol–water partition coefficient (Wildman–Crippen LogP) is 0.857. The molecule has 3 atom stereocenters. The van der Waals surface area contributed by atoms with E-state index in [0.717, 1.165) is 6.42 Å². The highest BCUT2D eigenvalue weighted by molar-refractivity contribution is 5.94. The van der Waals surface area contributed by atoms with Crippen molar-refractivity contribution < 1.29 is 9.90 Å². The highest BCUT2D eigenvalue weighted by Crippen LogP contribution is 2.20. The van der Waals surface area contributed by atoms with E-state index in [-0.39, 0.29) is 17.9 Å². The second-order valence-corrected chi connectivity index (χ2v) is 5.07. The van der Waals surface area contributed by atoms with Crippen molar-refractivity contribution in [1.29, 1.82) is 0 Å². The van der Waals surface area contributed by atoms with Crippen LogP contribution in [-0.2, 0) is 0 Å². The van der Waals surface area contributed by atoms with Gasteiger partial charge < -0.3 is 15.7 Å². The number of benzene rings is 1. The molecule has 1 heterocycles. The zero-order chi connectivity index (χ0) is 13.1. The predicted molar refractivity (Wildman–Crippen MR) is 70.1 cm³/mol. The van der Waals surface area contributed by atoms with E-state index in [4.69, 9.17) is 5.73 Å². The van der Waals surface area contributed by atoms with Gasteiger partial charge in [-0.15, -0.1) is 0 Å². The summed E-state index contributed by atoms with van der Waals surface area (Å²) >= 11 is 0. The summed E-state index contributed by atoms with van der Waals surface area (Å²) in [5.74, 6) is 0.0674. The molecule has 0 spiro atoms. The Bertz CT molecular complexity index is 406. The number of hydrogen-bond donors (Lipinski definition) is 2. The van der Waals surface area contributed by atoms with Gasteiger partial charge in [-0.05, 0) is 25.5 Å². The third kappa shape index (κ3) is 2.89. The Hall–Kier alpha value is -1.39. The number of aliphatic hydroxyl groups is 1. The molecule has 98 valence electrons. The molecule has 1 aliphatic rings. The fourth-order valence-electron chi connectivity index (χ4n) is 2.46. The number of likely N-dealkylation sites (tertiary alicyclic amines) is 1. The van der Waals surface area contributed by atoms with Crippen molar-refractivity contribution in [3.63, 3.8) is 0 Å². The first-order valence-corrected chi connectivity index (χ1v) is 6.36. The van der Waals surface area contributed by atoms with Gasteiger partial charge in [0.05, 0.1) is 6.10 Å². The number of hydrogen-bond acceptors (Lipinski definition) is 3. The van der Waals surface area contributed by atoms with Crippen molar-refractivity contribution in [2.75, 3.05) is 13.1 Å². The van der Waals surface area contributed by atoms with Crippen molar-refractivity contribution in [3.8, 4) is 0 Å². The molecule has 1 aromatic rings. The number of carbonyl (C=O) groups excluding carboxylic acids is 1. The van der Waals surface area contributed by atoms with E-state index in [1.807, 2.05) is 18.2 Å². The van der Waals surface area contributed by atoms with Crippen molar-refractivity contribution >= 4 is 5.91 Å². The van der Waals surface area contributed by atoms with Crippen molar-refractivity contribution in [3.05, 3.63) is 35.9 Å². The molecule has 1 aromatic carbocycles. The first kappa shape index (κ1) is 13.1. The summed E-state index contributed by atoms with van der Waals surface area (Å²) < 4.78 is 0. The van der Waals surface area contributed by atoms with E-state index in [0.29, 0.717) is 18.7 Å². The highest BCUT2D eigenvalue weighted by atomic mass is 16.3. The first-order valence-electron chi connectivity index (χ1n) is 6.36. The number of aliphatic hydroxyl groups excluding tert-OH is 1. The summed E-state index contributed by atoms with van der Waals surface area (Å²) in [6, 6.07) is 9.15. The van der Waals surface area contributed by atoms with E-state index in [1.54, 1.807) is 24.0 Å². The molecule has 3 N–H and O–H groups in total. The van der Waals surface area contributed by atoms with Crippen molar-refractivity contribution in [2.45, 2.75) is 25.5 Å². The van der Waals surface area contributed by atoms with Crippen LogP contribution in [0, 0.1) is 5.92 Å². The fourth-order valence-corrected chi connectivity index (χ4v) is 2.46. The molecule has 1 amide bonds. The molecule has 1 fully saturated rings. The van der Waals surface area contributed by atoms with Gasteiger partial charge in [0.15, 0.2) is 0 Å². The molecule has 1 aliphatic heterocycles. The average Bonchev–Trinajstić information content (AvgIpc) is 2.38. The largest absolute Gasteiger partial charge is 0.393 e. The van der Waals surface area contributed by atoms with Crippen LogP contribution in [0.2, 0.25) is 0 Å². The minimum absolute atomic E-state index is 0.00333. The number of rotatable bonds is 2. The third-order valence-electron chi connectivity index (χ3n) is 3.51. The molecule has 0 radical (unpaired) electrons. The molecule has 0 saturated carbocycles. The highest BCUT2D eigenvalue weighted by Gasteiger charge is 2.30. The molecule has 4 nitrogen and oxygen atoms in total. The van der Waals surface area contributed by atoms with Crippen LogP contribution in [-0.4, -0.2) is 41.1 Å². The van der Waals surface area contributed by atoms with Gasteiger partial charge in [0, 0.05) is 30.6 Å². The minimum Gasteiger partial charge on any atom is -0.393 e. The maximum Gasteiger partial charge on any atom is 0.253 e. The zero-order valence-electron chi connectivity index (χ0n) is 10.6. The Morgan fingerprint density at radius 2 is 2.06 bits per heavy atom. The van der Waals surface area contributed by atoms with Crippen LogP contribution >= 0.6 is 0 Å². The second kappa shape index (κ2) is 5.50. The fraction of sp³-hybridized carbons (Fsp3) is 0.500. The summed E-state index contributed by atoms with van der Waals surface area (Å²) in [6.07, 6.45) is 0.346. The SMILES string of the molecule is CC(O)C1CC(N)CN(C(=O)c2ccccc2)C1. The van der Waals surface area contributed by atoms with Gasteiger partial charge in [0.2, 0.25) is 0 Å². The van der Waals surface area contributed by atoms with Crippen molar-refractivity contribution in [2.24, 2.45) is 11.7 Å². The number of piperidine rings is 1.